The van der Waals surface area contributed by atoms with Crippen LogP contribution in [0.2, 0.25) is 0 Å². The van der Waals surface area contributed by atoms with Crippen LogP contribution >= 0.6 is 7.82 Å². The van der Waals surface area contributed by atoms with E-state index in [2.05, 4.69) is 32.5 Å². The molecule has 0 atom stereocenters. The molecule has 0 aliphatic heterocycles. The van der Waals surface area contributed by atoms with E-state index < -0.39 is 7.82 Å². The van der Waals surface area contributed by atoms with Crippen LogP contribution in [0, 0.1) is 12.0 Å². The molecule has 5 heteroatoms. The Morgan fingerprint density at radius 1 is 1.13 bits per heavy atom. The van der Waals surface area contributed by atoms with Crippen molar-refractivity contribution in [3.63, 3.8) is 0 Å². The van der Waals surface area contributed by atoms with Gasteiger partial charge in [0.15, 0.2) is 0 Å². The third kappa shape index (κ3) is 7.44. The van der Waals surface area contributed by atoms with Gasteiger partial charge in [-0.2, -0.15) is 0 Å². The van der Waals surface area contributed by atoms with Crippen molar-refractivity contribution < 1.29 is 18.1 Å². The summed E-state index contributed by atoms with van der Waals surface area (Å²) in [5.74, 6) is 2.76. The molecule has 0 aliphatic rings. The first-order valence-corrected chi connectivity index (χ1v) is 6.52. The molecule has 0 saturated carbocycles. The van der Waals surface area contributed by atoms with Gasteiger partial charge in [0, 0.05) is 20.6 Å². The van der Waals surface area contributed by atoms with Crippen LogP contribution in [-0.4, -0.2) is 14.2 Å². The summed E-state index contributed by atoms with van der Waals surface area (Å²) < 4.78 is 25.1. The smallest absolute Gasteiger partial charge is 0.350 e. The molecule has 0 aromatic heterocycles. The summed E-state index contributed by atoms with van der Waals surface area (Å²) in [6, 6.07) is 0. The quantitative estimate of drug-likeness (QED) is 0.385. The molecule has 0 spiro atoms. The minimum Gasteiger partial charge on any atom is -0.350 e. The Balaban J connectivity index is 3.65. The van der Waals surface area contributed by atoms with E-state index in [1.54, 1.807) is 0 Å². The van der Waals surface area contributed by atoms with E-state index in [9.17, 15) is 4.57 Å². The minimum absolute atomic E-state index is 0.743. The molecule has 0 rings (SSSR count). The molecule has 0 radical (unpaired) electrons. The zero-order chi connectivity index (χ0) is 11.6. The maximum absolute atomic E-state index is 11.3. The van der Waals surface area contributed by atoms with E-state index in [1.807, 2.05) is 0 Å². The monoisotopic (exact) mass is 234 g/mol. The van der Waals surface area contributed by atoms with Crippen molar-refractivity contribution in [1.29, 1.82) is 0 Å². The van der Waals surface area contributed by atoms with Gasteiger partial charge in [0.1, 0.15) is 6.11 Å². The van der Waals surface area contributed by atoms with Gasteiger partial charge in [0.25, 0.3) is 0 Å². The molecule has 0 amide bonds. The molecule has 88 valence electrons. The number of unbranched alkanes of at least 4 members (excludes halogenated alkanes) is 4. The molecule has 0 saturated heterocycles. The Morgan fingerprint density at radius 2 is 1.80 bits per heavy atom. The Bertz CT molecular complexity index is 246. The number of phosphoric acid groups is 1. The lowest BCUT2D eigenvalue weighted by Crippen LogP contribution is -1.89. The fourth-order valence-electron chi connectivity index (χ4n) is 0.928. The Morgan fingerprint density at radius 3 is 2.33 bits per heavy atom. The summed E-state index contributed by atoms with van der Waals surface area (Å²) in [5.41, 5.74) is 0. The average molecular weight is 234 g/mol. The lowest BCUT2D eigenvalue weighted by molar-refractivity contribution is 0.201. The van der Waals surface area contributed by atoms with E-state index >= 15 is 0 Å². The van der Waals surface area contributed by atoms with Crippen molar-refractivity contribution in [3.05, 3.63) is 0 Å². The predicted octanol–water partition coefficient (Wildman–Crippen LogP) is 3.34. The van der Waals surface area contributed by atoms with E-state index in [0.29, 0.717) is 0 Å². The molecule has 0 aromatic rings. The van der Waals surface area contributed by atoms with E-state index in [0.717, 1.165) is 19.3 Å². The largest absolute Gasteiger partial charge is 0.537 e. The van der Waals surface area contributed by atoms with Gasteiger partial charge >= 0.3 is 7.82 Å². The standard InChI is InChI=1S/C10H19O4P/c1-4-5-6-7-8-9-10-14-15(11,12-2)13-3/h4-8H2,1-3H3. The molecule has 0 aliphatic carbocycles. The highest BCUT2D eigenvalue weighted by atomic mass is 31.2. The summed E-state index contributed by atoms with van der Waals surface area (Å²) in [6.07, 6.45) is 7.71. The van der Waals surface area contributed by atoms with Gasteiger partial charge in [-0.1, -0.05) is 32.1 Å². The highest BCUT2D eigenvalue weighted by Crippen LogP contribution is 2.46. The van der Waals surface area contributed by atoms with Crippen molar-refractivity contribution in [2.45, 2.75) is 39.0 Å². The van der Waals surface area contributed by atoms with Crippen LogP contribution in [0.4, 0.5) is 0 Å². The van der Waals surface area contributed by atoms with Crippen molar-refractivity contribution in [2.75, 3.05) is 14.2 Å². The molecular formula is C10H19O4P. The fraction of sp³-hybridized carbons (Fsp3) is 0.800. The van der Waals surface area contributed by atoms with Gasteiger partial charge in [-0.3, -0.25) is 9.05 Å². The topological polar surface area (TPSA) is 44.8 Å². The third-order valence-corrected chi connectivity index (χ3v) is 3.04. The zero-order valence-electron chi connectivity index (χ0n) is 9.62. The second-order valence-electron chi connectivity index (χ2n) is 2.99. The molecule has 4 nitrogen and oxygen atoms in total. The lowest BCUT2D eigenvalue weighted by Gasteiger charge is -2.07. The maximum Gasteiger partial charge on any atom is 0.537 e. The second kappa shape index (κ2) is 8.79. The second-order valence-corrected chi connectivity index (χ2v) is 4.80. The SMILES string of the molecule is CCCCCCC#COP(=O)(OC)OC. The number of rotatable bonds is 7. The van der Waals surface area contributed by atoms with Crippen LogP contribution < -0.4 is 0 Å². The first-order valence-electron chi connectivity index (χ1n) is 5.06. The van der Waals surface area contributed by atoms with Crippen LogP contribution in [0.3, 0.4) is 0 Å². The Hall–Kier alpha value is -0.490. The van der Waals surface area contributed by atoms with Crippen LogP contribution in [0.25, 0.3) is 0 Å². The molecule has 0 aromatic carbocycles. The van der Waals surface area contributed by atoms with E-state index in [4.69, 9.17) is 0 Å². The van der Waals surface area contributed by atoms with Crippen molar-refractivity contribution in [1.82, 2.24) is 0 Å². The number of hydrogen-bond donors (Lipinski definition) is 0. The summed E-state index contributed by atoms with van der Waals surface area (Å²) >= 11 is 0. The van der Waals surface area contributed by atoms with Crippen LogP contribution in [0.5, 0.6) is 0 Å². The highest BCUT2D eigenvalue weighted by molar-refractivity contribution is 7.48. The van der Waals surface area contributed by atoms with E-state index in [1.165, 1.54) is 27.1 Å². The fourth-order valence-corrected chi connectivity index (χ4v) is 1.40. The first kappa shape index (κ1) is 14.5. The summed E-state index contributed by atoms with van der Waals surface area (Å²) in [6.45, 7) is 2.15. The summed E-state index contributed by atoms with van der Waals surface area (Å²) in [4.78, 5) is 0. The van der Waals surface area contributed by atoms with Crippen LogP contribution in [0.1, 0.15) is 39.0 Å². The van der Waals surface area contributed by atoms with Crippen molar-refractivity contribution in [2.24, 2.45) is 0 Å². The van der Waals surface area contributed by atoms with Gasteiger partial charge < -0.3 is 4.52 Å². The van der Waals surface area contributed by atoms with Gasteiger partial charge in [0.2, 0.25) is 0 Å². The van der Waals surface area contributed by atoms with Crippen LogP contribution in [0.15, 0.2) is 0 Å². The van der Waals surface area contributed by atoms with Gasteiger partial charge in [-0.25, -0.2) is 4.57 Å². The Labute approximate surface area is 91.9 Å². The maximum atomic E-state index is 11.3. The summed E-state index contributed by atoms with van der Waals surface area (Å²) in [7, 11) is -0.902. The van der Waals surface area contributed by atoms with Crippen molar-refractivity contribution >= 4 is 7.82 Å². The highest BCUT2D eigenvalue weighted by Gasteiger charge is 2.22. The first-order chi connectivity index (χ1) is 7.18. The number of hydrogen-bond acceptors (Lipinski definition) is 4. The number of phosphoric ester groups is 1. The average Bonchev–Trinajstić information content (AvgIpc) is 2.27. The van der Waals surface area contributed by atoms with Gasteiger partial charge in [-0.15, -0.1) is 0 Å². The molecule has 0 unspecified atom stereocenters. The lowest BCUT2D eigenvalue weighted by atomic mass is 10.2. The molecule has 0 heterocycles. The van der Waals surface area contributed by atoms with Gasteiger partial charge in [-0.05, 0) is 6.42 Å². The third-order valence-electron chi connectivity index (χ3n) is 1.83. The summed E-state index contributed by atoms with van der Waals surface area (Å²) in [5, 5.41) is 0. The van der Waals surface area contributed by atoms with Crippen molar-refractivity contribution in [3.8, 4) is 12.0 Å². The zero-order valence-corrected chi connectivity index (χ0v) is 10.5. The molecular weight excluding hydrogens is 215 g/mol. The Kier molecular flexibility index (Phi) is 8.50. The molecule has 0 bridgehead atoms. The molecule has 0 N–H and O–H groups in total. The van der Waals surface area contributed by atoms with Crippen LogP contribution in [-0.2, 0) is 18.1 Å². The predicted molar refractivity (Wildman–Crippen MR) is 59.2 cm³/mol. The van der Waals surface area contributed by atoms with E-state index in [-0.39, 0.29) is 0 Å². The molecule has 15 heavy (non-hydrogen) atoms. The normalized spacial score (nSPS) is 10.6. The molecule has 0 fully saturated rings. The minimum atomic E-state index is -3.42. The van der Waals surface area contributed by atoms with Gasteiger partial charge in [0.05, 0.1) is 0 Å².